The second-order valence-electron chi connectivity index (χ2n) is 4.18. The summed E-state index contributed by atoms with van der Waals surface area (Å²) in [6, 6.07) is 13.1. The number of hydrogen-bond acceptors (Lipinski definition) is 4. The van der Waals surface area contributed by atoms with Gasteiger partial charge < -0.3 is 9.73 Å². The minimum absolute atomic E-state index is 0.202. The van der Waals surface area contributed by atoms with Crippen LogP contribution >= 0.6 is 0 Å². The molecule has 0 fully saturated rings. The van der Waals surface area contributed by atoms with Crippen molar-refractivity contribution in [3.8, 4) is 0 Å². The zero-order chi connectivity index (χ0) is 13.7. The molecule has 2 rings (SSSR count). The van der Waals surface area contributed by atoms with Crippen LogP contribution in [0.1, 0.15) is 11.3 Å². The highest BCUT2D eigenvalue weighted by Crippen LogP contribution is 2.11. The number of primary sulfonamides is 1. The molecular formula is C13H16N2O3S. The number of benzene rings is 1. The molecule has 1 aromatic carbocycles. The second-order valence-corrected chi connectivity index (χ2v) is 5.67. The molecule has 1 aromatic heterocycles. The van der Waals surface area contributed by atoms with E-state index in [1.165, 1.54) is 11.6 Å². The number of nitrogens with one attached hydrogen (secondary N) is 1. The lowest BCUT2D eigenvalue weighted by Crippen LogP contribution is -2.16. The van der Waals surface area contributed by atoms with Crippen LogP contribution in [-0.4, -0.2) is 15.0 Å². The molecule has 0 aliphatic carbocycles. The largest absolute Gasteiger partial charge is 0.447 e. The molecule has 0 bridgehead atoms. The maximum Gasteiger partial charge on any atom is 0.271 e. The van der Waals surface area contributed by atoms with E-state index in [4.69, 9.17) is 9.56 Å². The summed E-state index contributed by atoms with van der Waals surface area (Å²) >= 11 is 0. The number of hydrogen-bond donors (Lipinski definition) is 2. The van der Waals surface area contributed by atoms with Crippen molar-refractivity contribution in [3.63, 3.8) is 0 Å². The molecule has 3 N–H and O–H groups in total. The first kappa shape index (κ1) is 13.8. The van der Waals surface area contributed by atoms with Crippen LogP contribution in [0.25, 0.3) is 0 Å². The number of nitrogens with two attached hydrogens (primary N) is 1. The maximum atomic E-state index is 11.0. The fourth-order valence-electron chi connectivity index (χ4n) is 1.70. The van der Waals surface area contributed by atoms with Crippen LogP contribution in [0, 0.1) is 0 Å². The molecule has 0 saturated heterocycles. The van der Waals surface area contributed by atoms with Gasteiger partial charge in [-0.05, 0) is 30.7 Å². The van der Waals surface area contributed by atoms with Crippen LogP contribution in [0.3, 0.4) is 0 Å². The minimum Gasteiger partial charge on any atom is -0.447 e. The molecule has 5 nitrogen and oxygen atoms in total. The Morgan fingerprint density at radius 2 is 1.84 bits per heavy atom. The highest BCUT2D eigenvalue weighted by molar-refractivity contribution is 7.89. The molecule has 0 saturated carbocycles. The Balaban J connectivity index is 1.79. The fraction of sp³-hybridized carbons (Fsp3) is 0.231. The normalized spacial score (nSPS) is 11.6. The Morgan fingerprint density at radius 3 is 2.47 bits per heavy atom. The molecule has 0 amide bonds. The Kier molecular flexibility index (Phi) is 4.36. The molecule has 2 aromatic rings. The van der Waals surface area contributed by atoms with Crippen molar-refractivity contribution in [3.05, 3.63) is 53.8 Å². The molecular weight excluding hydrogens is 264 g/mol. The van der Waals surface area contributed by atoms with Gasteiger partial charge in [0.1, 0.15) is 5.76 Å². The number of furan rings is 1. The van der Waals surface area contributed by atoms with Crippen molar-refractivity contribution >= 4 is 10.0 Å². The molecule has 0 spiro atoms. The van der Waals surface area contributed by atoms with Crippen LogP contribution in [0.15, 0.2) is 52.0 Å². The first-order chi connectivity index (χ1) is 9.05. The molecule has 0 aliphatic heterocycles. The van der Waals surface area contributed by atoms with Crippen LogP contribution in [-0.2, 0) is 23.0 Å². The fourth-order valence-corrected chi connectivity index (χ4v) is 2.18. The van der Waals surface area contributed by atoms with Crippen molar-refractivity contribution in [2.45, 2.75) is 18.1 Å². The van der Waals surface area contributed by atoms with Gasteiger partial charge in [0.15, 0.2) is 0 Å². The monoisotopic (exact) mass is 280 g/mol. The van der Waals surface area contributed by atoms with Gasteiger partial charge in [-0.3, -0.25) is 0 Å². The van der Waals surface area contributed by atoms with Crippen molar-refractivity contribution in [2.75, 3.05) is 6.54 Å². The predicted molar refractivity (Wildman–Crippen MR) is 71.9 cm³/mol. The van der Waals surface area contributed by atoms with E-state index in [0.717, 1.165) is 13.0 Å². The summed E-state index contributed by atoms with van der Waals surface area (Å²) in [5.41, 5.74) is 1.25. The summed E-state index contributed by atoms with van der Waals surface area (Å²) < 4.78 is 27.2. The highest BCUT2D eigenvalue weighted by atomic mass is 32.2. The molecule has 0 aliphatic rings. The first-order valence-corrected chi connectivity index (χ1v) is 7.46. The van der Waals surface area contributed by atoms with Gasteiger partial charge in [-0.25, -0.2) is 13.6 Å². The van der Waals surface area contributed by atoms with E-state index in [9.17, 15) is 8.42 Å². The topological polar surface area (TPSA) is 85.3 Å². The quantitative estimate of drug-likeness (QED) is 0.780. The second kappa shape index (κ2) is 6.01. The molecule has 6 heteroatoms. The Morgan fingerprint density at radius 1 is 1.11 bits per heavy atom. The predicted octanol–water partition coefficient (Wildman–Crippen LogP) is 1.26. The Hall–Kier alpha value is -1.63. The molecule has 19 heavy (non-hydrogen) atoms. The van der Waals surface area contributed by atoms with E-state index in [-0.39, 0.29) is 5.09 Å². The van der Waals surface area contributed by atoms with Crippen molar-refractivity contribution in [2.24, 2.45) is 5.14 Å². The van der Waals surface area contributed by atoms with Gasteiger partial charge >= 0.3 is 0 Å². The van der Waals surface area contributed by atoms with Crippen molar-refractivity contribution < 1.29 is 12.8 Å². The standard InChI is InChI=1S/C13H16N2O3S/c14-19(16,17)13-7-6-12(18-13)10-15-9-8-11-4-2-1-3-5-11/h1-7,15H,8-10H2,(H2,14,16,17). The highest BCUT2D eigenvalue weighted by Gasteiger charge is 2.12. The lowest BCUT2D eigenvalue weighted by molar-refractivity contribution is 0.403. The summed E-state index contributed by atoms with van der Waals surface area (Å²) in [4.78, 5) is 0. The maximum absolute atomic E-state index is 11.0. The van der Waals surface area contributed by atoms with Gasteiger partial charge in [0, 0.05) is 0 Å². The van der Waals surface area contributed by atoms with Gasteiger partial charge in [-0.1, -0.05) is 30.3 Å². The minimum atomic E-state index is -3.75. The van der Waals surface area contributed by atoms with E-state index in [1.807, 2.05) is 18.2 Å². The third-order valence-corrected chi connectivity index (χ3v) is 3.43. The molecule has 0 atom stereocenters. The van der Waals surface area contributed by atoms with Crippen LogP contribution in [0.4, 0.5) is 0 Å². The van der Waals surface area contributed by atoms with E-state index in [2.05, 4.69) is 17.4 Å². The molecule has 1 heterocycles. The summed E-state index contributed by atoms with van der Waals surface area (Å²) in [6.07, 6.45) is 0.906. The van der Waals surface area contributed by atoms with Gasteiger partial charge in [-0.15, -0.1) is 0 Å². The molecule has 102 valence electrons. The third-order valence-electron chi connectivity index (χ3n) is 2.65. The number of rotatable bonds is 6. The SMILES string of the molecule is NS(=O)(=O)c1ccc(CNCCc2ccccc2)o1. The van der Waals surface area contributed by atoms with Crippen LogP contribution in [0.2, 0.25) is 0 Å². The smallest absolute Gasteiger partial charge is 0.271 e. The lowest BCUT2D eigenvalue weighted by atomic mass is 10.1. The number of sulfonamides is 1. The van der Waals surface area contributed by atoms with E-state index in [0.29, 0.717) is 12.3 Å². The molecule has 0 unspecified atom stereocenters. The summed E-state index contributed by atoms with van der Waals surface area (Å²) in [5.74, 6) is 0.553. The third kappa shape index (κ3) is 4.20. The molecule has 0 radical (unpaired) electrons. The summed E-state index contributed by atoms with van der Waals surface area (Å²) in [6.45, 7) is 1.26. The Labute approximate surface area is 112 Å². The average molecular weight is 280 g/mol. The van der Waals surface area contributed by atoms with Crippen LogP contribution in [0.5, 0.6) is 0 Å². The van der Waals surface area contributed by atoms with E-state index < -0.39 is 10.0 Å². The van der Waals surface area contributed by atoms with Gasteiger partial charge in [-0.2, -0.15) is 0 Å². The van der Waals surface area contributed by atoms with E-state index >= 15 is 0 Å². The average Bonchev–Trinajstić information content (AvgIpc) is 2.85. The zero-order valence-corrected chi connectivity index (χ0v) is 11.2. The van der Waals surface area contributed by atoms with Gasteiger partial charge in [0.25, 0.3) is 10.0 Å². The summed E-state index contributed by atoms with van der Waals surface area (Å²) in [7, 11) is -3.75. The van der Waals surface area contributed by atoms with Crippen molar-refractivity contribution in [1.29, 1.82) is 0 Å². The lowest BCUT2D eigenvalue weighted by Gasteiger charge is -2.02. The zero-order valence-electron chi connectivity index (χ0n) is 10.4. The summed E-state index contributed by atoms with van der Waals surface area (Å²) in [5, 5.41) is 7.94. The van der Waals surface area contributed by atoms with E-state index in [1.54, 1.807) is 6.07 Å². The van der Waals surface area contributed by atoms with Gasteiger partial charge in [0.2, 0.25) is 5.09 Å². The van der Waals surface area contributed by atoms with Crippen LogP contribution < -0.4 is 10.5 Å². The first-order valence-electron chi connectivity index (χ1n) is 5.92. The van der Waals surface area contributed by atoms with Crippen molar-refractivity contribution in [1.82, 2.24) is 5.32 Å². The van der Waals surface area contributed by atoms with Gasteiger partial charge in [0.05, 0.1) is 6.54 Å². The Bertz CT molecular complexity index is 620.